The summed E-state index contributed by atoms with van der Waals surface area (Å²) >= 11 is 0. The number of alkyl halides is 3. The fourth-order valence-electron chi connectivity index (χ4n) is 2.54. The van der Waals surface area contributed by atoms with Gasteiger partial charge in [-0.25, -0.2) is 4.79 Å². The van der Waals surface area contributed by atoms with Gasteiger partial charge in [-0.3, -0.25) is 4.90 Å². The van der Waals surface area contributed by atoms with E-state index in [9.17, 15) is 18.0 Å². The molecule has 2 rings (SSSR count). The number of rotatable bonds is 2. The first kappa shape index (κ1) is 18.1. The Balaban J connectivity index is 1.77. The average Bonchev–Trinajstić information content (AvgIpc) is 2.53. The van der Waals surface area contributed by atoms with Gasteiger partial charge in [0.25, 0.3) is 0 Å². The van der Waals surface area contributed by atoms with Crippen LogP contribution in [0.15, 0.2) is 30.3 Å². The second kappa shape index (κ2) is 8.06. The van der Waals surface area contributed by atoms with Crippen LogP contribution < -0.4 is 5.32 Å². The number of nitrogens with one attached hydrogen (secondary N) is 1. The lowest BCUT2D eigenvalue weighted by Crippen LogP contribution is -2.57. The maximum Gasteiger partial charge on any atom is 0.401 e. The number of hydrogen-bond donors (Lipinski definition) is 1. The van der Waals surface area contributed by atoms with Crippen molar-refractivity contribution < 1.29 is 18.0 Å². The molecule has 24 heavy (non-hydrogen) atoms. The lowest BCUT2D eigenvalue weighted by Gasteiger charge is -2.39. The van der Waals surface area contributed by atoms with Crippen LogP contribution >= 0.6 is 0 Å². The topological polar surface area (TPSA) is 35.6 Å². The molecule has 0 spiro atoms. The molecule has 1 aliphatic rings. The molecule has 130 valence electrons. The predicted molar refractivity (Wildman–Crippen MR) is 85.4 cm³/mol. The van der Waals surface area contributed by atoms with Crippen molar-refractivity contribution >= 4 is 6.03 Å². The summed E-state index contributed by atoms with van der Waals surface area (Å²) < 4.78 is 37.4. The van der Waals surface area contributed by atoms with Crippen molar-refractivity contribution in [2.24, 2.45) is 0 Å². The molecule has 4 nitrogen and oxygen atoms in total. The van der Waals surface area contributed by atoms with Crippen LogP contribution in [0.5, 0.6) is 0 Å². The van der Waals surface area contributed by atoms with Crippen molar-refractivity contribution in [3.05, 3.63) is 35.9 Å². The van der Waals surface area contributed by atoms with Gasteiger partial charge in [-0.2, -0.15) is 13.2 Å². The smallest absolute Gasteiger partial charge is 0.327 e. The standard InChI is InChI=1S/C17H20F3N3O/c1-14-12-22(10-11-23(14)13-17(18,19)20)16(24)21-9-5-8-15-6-3-2-4-7-15/h2-4,6-7,14H,9-13H2,1H3,(H,21,24)/t14-/m0/s1. The molecule has 1 atom stereocenters. The molecule has 1 aliphatic heterocycles. The molecule has 7 heteroatoms. The Bertz CT molecular complexity index is 607. The van der Waals surface area contributed by atoms with Crippen LogP contribution in [0.2, 0.25) is 0 Å². The number of hydrogen-bond acceptors (Lipinski definition) is 2. The zero-order valence-electron chi connectivity index (χ0n) is 13.4. The van der Waals surface area contributed by atoms with Crippen LogP contribution in [-0.4, -0.2) is 60.8 Å². The van der Waals surface area contributed by atoms with E-state index in [1.165, 1.54) is 9.80 Å². The van der Waals surface area contributed by atoms with E-state index in [0.717, 1.165) is 5.56 Å². The summed E-state index contributed by atoms with van der Waals surface area (Å²) in [5.41, 5.74) is 0.862. The van der Waals surface area contributed by atoms with Gasteiger partial charge < -0.3 is 10.2 Å². The van der Waals surface area contributed by atoms with Crippen molar-refractivity contribution in [1.29, 1.82) is 0 Å². The first-order valence-corrected chi connectivity index (χ1v) is 7.72. The summed E-state index contributed by atoms with van der Waals surface area (Å²) in [6.45, 7) is 1.72. The molecule has 0 aromatic heterocycles. The monoisotopic (exact) mass is 339 g/mol. The zero-order valence-corrected chi connectivity index (χ0v) is 13.4. The molecule has 0 radical (unpaired) electrons. The Hall–Kier alpha value is -2.20. The predicted octanol–water partition coefficient (Wildman–Crippen LogP) is 2.32. The quantitative estimate of drug-likeness (QED) is 0.840. The van der Waals surface area contributed by atoms with E-state index < -0.39 is 12.7 Å². The summed E-state index contributed by atoms with van der Waals surface area (Å²) in [6.07, 6.45) is -4.22. The van der Waals surface area contributed by atoms with Crippen molar-refractivity contribution in [2.75, 3.05) is 32.7 Å². The lowest BCUT2D eigenvalue weighted by molar-refractivity contribution is -0.153. The van der Waals surface area contributed by atoms with Crippen LogP contribution in [0.25, 0.3) is 0 Å². The van der Waals surface area contributed by atoms with E-state index >= 15 is 0 Å². The Morgan fingerprint density at radius 3 is 2.62 bits per heavy atom. The van der Waals surface area contributed by atoms with Gasteiger partial charge >= 0.3 is 12.2 Å². The van der Waals surface area contributed by atoms with Crippen LogP contribution in [0.3, 0.4) is 0 Å². The number of carbonyl (C=O) groups excluding carboxylic acids is 1. The highest BCUT2D eigenvalue weighted by atomic mass is 19.4. The summed E-state index contributed by atoms with van der Waals surface area (Å²) in [7, 11) is 0. The van der Waals surface area contributed by atoms with Gasteiger partial charge in [0.15, 0.2) is 0 Å². The van der Waals surface area contributed by atoms with E-state index in [1.807, 2.05) is 30.3 Å². The van der Waals surface area contributed by atoms with E-state index in [-0.39, 0.29) is 38.3 Å². The minimum atomic E-state index is -4.22. The minimum Gasteiger partial charge on any atom is -0.327 e. The van der Waals surface area contributed by atoms with Crippen LogP contribution in [-0.2, 0) is 0 Å². The van der Waals surface area contributed by atoms with Gasteiger partial charge in [-0.15, -0.1) is 0 Å². The molecule has 1 fully saturated rings. The van der Waals surface area contributed by atoms with Gasteiger partial charge in [0.1, 0.15) is 0 Å². The third-order valence-electron chi connectivity index (χ3n) is 3.77. The molecule has 1 heterocycles. The number of piperazine rings is 1. The van der Waals surface area contributed by atoms with E-state index in [1.54, 1.807) is 6.92 Å². The second-order valence-electron chi connectivity index (χ2n) is 5.71. The first-order valence-electron chi connectivity index (χ1n) is 7.72. The Labute approximate surface area is 139 Å². The van der Waals surface area contributed by atoms with Crippen molar-refractivity contribution in [3.8, 4) is 11.8 Å². The summed E-state index contributed by atoms with van der Waals surface area (Å²) in [4.78, 5) is 14.9. The largest absolute Gasteiger partial charge is 0.401 e. The SMILES string of the molecule is C[C@H]1CN(C(=O)NCC#Cc2ccccc2)CCN1CC(F)(F)F. The molecular formula is C17H20F3N3O. The highest BCUT2D eigenvalue weighted by Crippen LogP contribution is 2.20. The Morgan fingerprint density at radius 2 is 2.00 bits per heavy atom. The van der Waals surface area contributed by atoms with Gasteiger partial charge in [0.05, 0.1) is 13.1 Å². The molecule has 2 amide bonds. The number of benzene rings is 1. The first-order chi connectivity index (χ1) is 11.3. The molecule has 0 bridgehead atoms. The number of nitrogens with zero attached hydrogens (tertiary/aromatic N) is 2. The maximum absolute atomic E-state index is 12.5. The van der Waals surface area contributed by atoms with Crippen LogP contribution in [0.4, 0.5) is 18.0 Å². The van der Waals surface area contributed by atoms with Crippen LogP contribution in [0.1, 0.15) is 12.5 Å². The number of carbonyl (C=O) groups is 1. The van der Waals surface area contributed by atoms with Crippen molar-refractivity contribution in [3.63, 3.8) is 0 Å². The minimum absolute atomic E-state index is 0.199. The molecule has 1 N–H and O–H groups in total. The maximum atomic E-state index is 12.5. The van der Waals surface area contributed by atoms with Gasteiger partial charge in [-0.05, 0) is 19.1 Å². The van der Waals surface area contributed by atoms with E-state index in [4.69, 9.17) is 0 Å². The molecule has 0 saturated carbocycles. The summed E-state index contributed by atoms with van der Waals surface area (Å²) in [5.74, 6) is 5.78. The van der Waals surface area contributed by atoms with Crippen molar-refractivity contribution in [2.45, 2.75) is 19.1 Å². The summed E-state index contributed by atoms with van der Waals surface area (Å²) in [6, 6.07) is 8.77. The number of halogens is 3. The third-order valence-corrected chi connectivity index (χ3v) is 3.77. The fourth-order valence-corrected chi connectivity index (χ4v) is 2.54. The normalized spacial score (nSPS) is 18.7. The average molecular weight is 339 g/mol. The zero-order chi connectivity index (χ0) is 17.6. The number of amides is 2. The molecule has 0 aliphatic carbocycles. The van der Waals surface area contributed by atoms with E-state index in [0.29, 0.717) is 0 Å². The number of urea groups is 1. The Morgan fingerprint density at radius 1 is 1.29 bits per heavy atom. The Kier molecular flexibility index (Phi) is 6.10. The van der Waals surface area contributed by atoms with E-state index in [2.05, 4.69) is 17.2 Å². The molecule has 1 saturated heterocycles. The second-order valence-corrected chi connectivity index (χ2v) is 5.71. The van der Waals surface area contributed by atoms with Gasteiger partial charge in [0, 0.05) is 31.2 Å². The highest BCUT2D eigenvalue weighted by molar-refractivity contribution is 5.74. The fraction of sp³-hybridized carbons (Fsp3) is 0.471. The van der Waals surface area contributed by atoms with Crippen LogP contribution in [0, 0.1) is 11.8 Å². The van der Waals surface area contributed by atoms with Crippen molar-refractivity contribution in [1.82, 2.24) is 15.1 Å². The molecule has 1 aromatic rings. The molecule has 0 unspecified atom stereocenters. The lowest BCUT2D eigenvalue weighted by atomic mass is 10.2. The van der Waals surface area contributed by atoms with Gasteiger partial charge in [-0.1, -0.05) is 30.0 Å². The molecule has 1 aromatic carbocycles. The summed E-state index contributed by atoms with van der Waals surface area (Å²) in [5, 5.41) is 2.68. The third kappa shape index (κ3) is 5.78. The highest BCUT2D eigenvalue weighted by Gasteiger charge is 2.35. The molecular weight excluding hydrogens is 319 g/mol. The van der Waals surface area contributed by atoms with Gasteiger partial charge in [0.2, 0.25) is 0 Å².